The molecule has 3 aromatic carbocycles. The summed E-state index contributed by atoms with van der Waals surface area (Å²) < 4.78 is 1.71. The Balaban J connectivity index is 1.27. The Labute approximate surface area is 215 Å². The van der Waals surface area contributed by atoms with Crippen molar-refractivity contribution < 1.29 is 4.79 Å². The Hall–Kier alpha value is -4.49. The Kier molecular flexibility index (Phi) is 6.35. The topological polar surface area (TPSA) is 74.6 Å². The summed E-state index contributed by atoms with van der Waals surface area (Å²) in [6.07, 6.45) is 4.45. The zero-order chi connectivity index (χ0) is 25.0. The molecule has 37 heavy (non-hydrogen) atoms. The van der Waals surface area contributed by atoms with Gasteiger partial charge in [-0.15, -0.1) is 0 Å². The fourth-order valence-corrected chi connectivity index (χ4v) is 4.83. The Morgan fingerprint density at radius 1 is 0.892 bits per heavy atom. The highest BCUT2D eigenvalue weighted by Gasteiger charge is 2.18. The van der Waals surface area contributed by atoms with Gasteiger partial charge in [0.15, 0.2) is 5.65 Å². The zero-order valence-corrected chi connectivity index (χ0v) is 20.5. The quantitative estimate of drug-likeness (QED) is 0.364. The summed E-state index contributed by atoms with van der Waals surface area (Å²) in [5.41, 5.74) is 7.21. The number of fused-ring (bicyclic) bond motifs is 1. The van der Waals surface area contributed by atoms with E-state index in [4.69, 9.17) is 4.98 Å². The van der Waals surface area contributed by atoms with Crippen LogP contribution in [0.5, 0.6) is 0 Å². The molecule has 3 heterocycles. The second-order valence-corrected chi connectivity index (χ2v) is 9.21. The van der Waals surface area contributed by atoms with E-state index in [1.807, 2.05) is 30.5 Å². The molecule has 7 heteroatoms. The van der Waals surface area contributed by atoms with Gasteiger partial charge in [-0.3, -0.25) is 4.79 Å². The lowest BCUT2D eigenvalue weighted by atomic mass is 10.0. The van der Waals surface area contributed by atoms with Gasteiger partial charge in [0.05, 0.1) is 17.6 Å². The highest BCUT2D eigenvalue weighted by molar-refractivity contribution is 6.05. The van der Waals surface area contributed by atoms with E-state index in [1.54, 1.807) is 16.8 Å². The number of carbonyl (C=O) groups excluding carboxylic acids is 1. The van der Waals surface area contributed by atoms with Crippen molar-refractivity contribution in [2.45, 2.75) is 6.42 Å². The van der Waals surface area contributed by atoms with Crippen molar-refractivity contribution in [3.8, 4) is 11.1 Å². The molecule has 1 aliphatic heterocycles. The molecule has 0 saturated carbocycles. The van der Waals surface area contributed by atoms with E-state index in [0.29, 0.717) is 11.3 Å². The van der Waals surface area contributed by atoms with Crippen LogP contribution in [0.3, 0.4) is 0 Å². The van der Waals surface area contributed by atoms with Gasteiger partial charge >= 0.3 is 0 Å². The molecule has 0 spiro atoms. The third-order valence-electron chi connectivity index (χ3n) is 6.70. The van der Waals surface area contributed by atoms with Gasteiger partial charge < -0.3 is 15.5 Å². The molecule has 0 aliphatic carbocycles. The second kappa shape index (κ2) is 10.2. The molecule has 1 fully saturated rings. The SMILES string of the molecule is O=C(Nc1ccccc1N1CCNCC1)c1ccn2ncc(-c3cccc(Cc4ccccc4)c3)c2n1. The van der Waals surface area contributed by atoms with Gasteiger partial charge in [-0.1, -0.05) is 66.7 Å². The number of benzene rings is 3. The average Bonchev–Trinajstić information content (AvgIpc) is 3.38. The Bertz CT molecular complexity index is 1540. The molecule has 5 aromatic rings. The van der Waals surface area contributed by atoms with Gasteiger partial charge in [-0.25, -0.2) is 9.50 Å². The maximum absolute atomic E-state index is 13.3. The molecule has 2 aromatic heterocycles. The van der Waals surface area contributed by atoms with Crippen LogP contribution in [-0.2, 0) is 6.42 Å². The maximum atomic E-state index is 13.3. The van der Waals surface area contributed by atoms with Crippen molar-refractivity contribution in [2.75, 3.05) is 36.4 Å². The molecule has 1 amide bonds. The maximum Gasteiger partial charge on any atom is 0.274 e. The van der Waals surface area contributed by atoms with E-state index in [1.165, 1.54) is 11.1 Å². The lowest BCUT2D eigenvalue weighted by Gasteiger charge is -2.31. The third-order valence-corrected chi connectivity index (χ3v) is 6.70. The number of nitrogens with one attached hydrogen (secondary N) is 2. The van der Waals surface area contributed by atoms with Gasteiger partial charge in [-0.05, 0) is 41.3 Å². The number of carbonyl (C=O) groups is 1. The van der Waals surface area contributed by atoms with Crippen LogP contribution in [0.2, 0.25) is 0 Å². The normalized spacial score (nSPS) is 13.6. The highest BCUT2D eigenvalue weighted by atomic mass is 16.1. The van der Waals surface area contributed by atoms with Crippen LogP contribution in [0, 0.1) is 0 Å². The number of nitrogens with zero attached hydrogens (tertiary/aromatic N) is 4. The standard InChI is InChI=1S/C30H28N6O/c37-30(34-26-11-4-5-12-28(26)35-17-14-31-15-18-35)27-13-16-36-29(33-27)25(21-32-36)24-10-6-9-23(20-24)19-22-7-2-1-3-8-22/h1-13,16,20-21,31H,14-15,17-19H2,(H,34,37). The number of para-hydroxylation sites is 2. The van der Waals surface area contributed by atoms with E-state index in [0.717, 1.165) is 55.1 Å². The summed E-state index contributed by atoms with van der Waals surface area (Å²) in [7, 11) is 0. The zero-order valence-electron chi connectivity index (χ0n) is 20.5. The lowest BCUT2D eigenvalue weighted by Crippen LogP contribution is -2.43. The van der Waals surface area contributed by atoms with Gasteiger partial charge in [0.25, 0.3) is 5.91 Å². The number of hydrogen-bond donors (Lipinski definition) is 2. The largest absolute Gasteiger partial charge is 0.367 e. The van der Waals surface area contributed by atoms with Gasteiger partial charge in [-0.2, -0.15) is 5.10 Å². The van der Waals surface area contributed by atoms with Crippen molar-refractivity contribution in [3.05, 3.63) is 114 Å². The Morgan fingerprint density at radius 2 is 1.68 bits per heavy atom. The molecule has 184 valence electrons. The minimum atomic E-state index is -0.241. The van der Waals surface area contributed by atoms with Gasteiger partial charge in [0.2, 0.25) is 0 Å². The molecule has 2 N–H and O–H groups in total. The molecule has 6 rings (SSSR count). The highest BCUT2D eigenvalue weighted by Crippen LogP contribution is 2.28. The van der Waals surface area contributed by atoms with E-state index in [9.17, 15) is 4.79 Å². The molecule has 0 unspecified atom stereocenters. The predicted molar refractivity (Wildman–Crippen MR) is 147 cm³/mol. The van der Waals surface area contributed by atoms with Crippen molar-refractivity contribution in [3.63, 3.8) is 0 Å². The van der Waals surface area contributed by atoms with E-state index < -0.39 is 0 Å². The number of piperazine rings is 1. The molecule has 0 radical (unpaired) electrons. The number of rotatable bonds is 6. The number of hydrogen-bond acceptors (Lipinski definition) is 5. The molecule has 1 aliphatic rings. The van der Waals surface area contributed by atoms with E-state index >= 15 is 0 Å². The third kappa shape index (κ3) is 4.94. The summed E-state index contributed by atoms with van der Waals surface area (Å²) >= 11 is 0. The Morgan fingerprint density at radius 3 is 2.54 bits per heavy atom. The van der Waals surface area contributed by atoms with Gasteiger partial charge in [0, 0.05) is 37.9 Å². The minimum absolute atomic E-state index is 0.241. The van der Waals surface area contributed by atoms with Crippen LogP contribution < -0.4 is 15.5 Å². The number of amides is 1. The van der Waals surface area contributed by atoms with Crippen molar-refractivity contribution in [1.29, 1.82) is 0 Å². The average molecular weight is 489 g/mol. The first-order valence-corrected chi connectivity index (χ1v) is 12.6. The van der Waals surface area contributed by atoms with Crippen LogP contribution in [0.1, 0.15) is 21.6 Å². The van der Waals surface area contributed by atoms with Crippen molar-refractivity contribution in [2.24, 2.45) is 0 Å². The van der Waals surface area contributed by atoms with E-state index in [2.05, 4.69) is 75.2 Å². The first kappa shape index (κ1) is 22.9. The van der Waals surface area contributed by atoms with Crippen LogP contribution in [0.4, 0.5) is 11.4 Å². The molecule has 0 bridgehead atoms. The summed E-state index contributed by atoms with van der Waals surface area (Å²) in [6.45, 7) is 3.66. The van der Waals surface area contributed by atoms with Crippen LogP contribution in [-0.4, -0.2) is 46.7 Å². The summed E-state index contributed by atoms with van der Waals surface area (Å²) in [5.74, 6) is -0.241. The van der Waals surface area contributed by atoms with Crippen molar-refractivity contribution in [1.82, 2.24) is 19.9 Å². The van der Waals surface area contributed by atoms with Crippen LogP contribution in [0.25, 0.3) is 16.8 Å². The first-order chi connectivity index (χ1) is 18.2. The summed E-state index contributed by atoms with van der Waals surface area (Å²) in [4.78, 5) is 20.3. The molecule has 7 nitrogen and oxygen atoms in total. The van der Waals surface area contributed by atoms with Gasteiger partial charge in [0.1, 0.15) is 5.69 Å². The first-order valence-electron chi connectivity index (χ1n) is 12.6. The molecular formula is C30H28N6O. The fraction of sp³-hybridized carbons (Fsp3) is 0.167. The number of aromatic nitrogens is 3. The molecule has 0 atom stereocenters. The minimum Gasteiger partial charge on any atom is -0.367 e. The molecular weight excluding hydrogens is 460 g/mol. The van der Waals surface area contributed by atoms with Crippen LogP contribution >= 0.6 is 0 Å². The smallest absolute Gasteiger partial charge is 0.274 e. The predicted octanol–water partition coefficient (Wildman–Crippen LogP) is 4.65. The van der Waals surface area contributed by atoms with E-state index in [-0.39, 0.29) is 5.91 Å². The monoisotopic (exact) mass is 488 g/mol. The van der Waals surface area contributed by atoms with Crippen molar-refractivity contribution >= 4 is 22.9 Å². The summed E-state index contributed by atoms with van der Waals surface area (Å²) in [6, 6.07) is 28.5. The fourth-order valence-electron chi connectivity index (χ4n) is 4.83. The number of anilines is 2. The molecule has 1 saturated heterocycles. The second-order valence-electron chi connectivity index (χ2n) is 9.21. The van der Waals surface area contributed by atoms with Crippen LogP contribution in [0.15, 0.2) is 97.3 Å². The lowest BCUT2D eigenvalue weighted by molar-refractivity contribution is 0.102. The summed E-state index contributed by atoms with van der Waals surface area (Å²) in [5, 5.41) is 10.9.